The van der Waals surface area contributed by atoms with Crippen molar-refractivity contribution in [3.05, 3.63) is 41.9 Å². The molecule has 5 heteroatoms. The van der Waals surface area contributed by atoms with Gasteiger partial charge in [-0.1, -0.05) is 6.07 Å². The first-order chi connectivity index (χ1) is 8.88. The zero-order chi connectivity index (χ0) is 12.4. The molecule has 0 bridgehead atoms. The van der Waals surface area contributed by atoms with Crippen molar-refractivity contribution in [3.8, 4) is 6.07 Å². The monoisotopic (exact) mass is 239 g/mol. The van der Waals surface area contributed by atoms with Gasteiger partial charge in [-0.3, -0.25) is 5.10 Å². The average Bonchev–Trinajstić information content (AvgIpc) is 3.09. The molecule has 90 valence electrons. The summed E-state index contributed by atoms with van der Waals surface area (Å²) in [5.74, 6) is 0.867. The van der Waals surface area contributed by atoms with Crippen LogP contribution in [0.3, 0.4) is 0 Å². The second-order valence-electron chi connectivity index (χ2n) is 4.36. The first-order valence-electron chi connectivity index (χ1n) is 6.01. The van der Waals surface area contributed by atoms with Gasteiger partial charge in [0.15, 0.2) is 0 Å². The van der Waals surface area contributed by atoms with E-state index in [1.54, 1.807) is 12.3 Å². The highest BCUT2D eigenvalue weighted by atomic mass is 15.3. The van der Waals surface area contributed by atoms with Gasteiger partial charge in [0.2, 0.25) is 0 Å². The second-order valence-corrected chi connectivity index (χ2v) is 4.36. The lowest BCUT2D eigenvalue weighted by molar-refractivity contribution is 0.684. The molecule has 0 aliphatic carbocycles. The Morgan fingerprint density at radius 2 is 2.33 bits per heavy atom. The fraction of sp³-hybridized carbons (Fsp3) is 0.308. The minimum atomic E-state index is 0.286. The van der Waals surface area contributed by atoms with Gasteiger partial charge in [0.1, 0.15) is 17.6 Å². The molecule has 1 N–H and O–H groups in total. The van der Waals surface area contributed by atoms with Crippen LogP contribution < -0.4 is 4.90 Å². The van der Waals surface area contributed by atoms with Crippen molar-refractivity contribution >= 4 is 5.82 Å². The maximum atomic E-state index is 8.91. The Kier molecular flexibility index (Phi) is 2.69. The quantitative estimate of drug-likeness (QED) is 0.870. The Balaban J connectivity index is 1.93. The molecule has 1 unspecified atom stereocenters. The summed E-state index contributed by atoms with van der Waals surface area (Å²) in [6.45, 7) is 0.964. The molecule has 0 aromatic carbocycles. The van der Waals surface area contributed by atoms with Crippen molar-refractivity contribution in [1.82, 2.24) is 15.2 Å². The number of hydrogen-bond donors (Lipinski definition) is 1. The summed E-state index contributed by atoms with van der Waals surface area (Å²) >= 11 is 0. The summed E-state index contributed by atoms with van der Waals surface area (Å²) in [5.41, 5.74) is 1.57. The number of nitrogens with one attached hydrogen (secondary N) is 1. The molecule has 1 saturated heterocycles. The maximum absolute atomic E-state index is 8.91. The maximum Gasteiger partial charge on any atom is 0.142 e. The van der Waals surface area contributed by atoms with Gasteiger partial charge in [0.25, 0.3) is 0 Å². The van der Waals surface area contributed by atoms with E-state index >= 15 is 0 Å². The number of hydrogen-bond acceptors (Lipinski definition) is 4. The topological polar surface area (TPSA) is 68.6 Å². The van der Waals surface area contributed by atoms with E-state index in [0.29, 0.717) is 5.69 Å². The second kappa shape index (κ2) is 4.49. The van der Waals surface area contributed by atoms with E-state index in [4.69, 9.17) is 5.26 Å². The highest BCUT2D eigenvalue weighted by Gasteiger charge is 2.28. The van der Waals surface area contributed by atoms with Crippen LogP contribution in [0.2, 0.25) is 0 Å². The Morgan fingerprint density at radius 3 is 3.11 bits per heavy atom. The molecule has 1 atom stereocenters. The van der Waals surface area contributed by atoms with Crippen molar-refractivity contribution in [1.29, 1.82) is 5.26 Å². The fourth-order valence-electron chi connectivity index (χ4n) is 2.46. The normalized spacial score (nSPS) is 18.8. The van der Waals surface area contributed by atoms with Gasteiger partial charge in [0.05, 0.1) is 11.7 Å². The van der Waals surface area contributed by atoms with Crippen LogP contribution in [0.25, 0.3) is 0 Å². The Bertz CT molecular complexity index is 569. The van der Waals surface area contributed by atoms with E-state index in [9.17, 15) is 0 Å². The molecule has 3 rings (SSSR count). The molecule has 1 aliphatic heterocycles. The molecule has 2 aromatic rings. The van der Waals surface area contributed by atoms with Crippen LogP contribution in [-0.4, -0.2) is 21.7 Å². The molecule has 1 aliphatic rings. The van der Waals surface area contributed by atoms with Gasteiger partial charge >= 0.3 is 0 Å². The third-order valence-corrected chi connectivity index (χ3v) is 3.28. The van der Waals surface area contributed by atoms with Crippen LogP contribution in [0.15, 0.2) is 30.5 Å². The van der Waals surface area contributed by atoms with Gasteiger partial charge in [-0.05, 0) is 31.0 Å². The number of pyridine rings is 1. The largest absolute Gasteiger partial charge is 0.348 e. The Hall–Kier alpha value is -2.35. The molecule has 1 fully saturated rings. The molecule has 18 heavy (non-hydrogen) atoms. The summed E-state index contributed by atoms with van der Waals surface area (Å²) < 4.78 is 0. The van der Waals surface area contributed by atoms with Crippen LogP contribution in [0.1, 0.15) is 30.3 Å². The number of nitriles is 1. The van der Waals surface area contributed by atoms with Gasteiger partial charge in [-0.25, -0.2) is 4.98 Å². The molecule has 5 nitrogen and oxygen atoms in total. The standard InChI is InChI=1S/C13H13N5/c14-9-10-3-1-5-13(16-10)18-8-2-4-12(18)11-6-7-15-17-11/h1,3,5-7,12H,2,4,8H2,(H,15,17). The van der Waals surface area contributed by atoms with E-state index in [-0.39, 0.29) is 6.04 Å². The summed E-state index contributed by atoms with van der Waals surface area (Å²) in [6.07, 6.45) is 3.98. The molecular formula is C13H13N5. The summed E-state index contributed by atoms with van der Waals surface area (Å²) in [6, 6.07) is 9.92. The first-order valence-corrected chi connectivity index (χ1v) is 6.01. The molecule has 0 spiro atoms. The summed E-state index contributed by atoms with van der Waals surface area (Å²) in [7, 11) is 0. The van der Waals surface area contributed by atoms with Gasteiger partial charge < -0.3 is 4.90 Å². The molecule has 0 amide bonds. The van der Waals surface area contributed by atoms with Gasteiger partial charge in [0, 0.05) is 12.7 Å². The highest BCUT2D eigenvalue weighted by Crippen LogP contribution is 2.33. The van der Waals surface area contributed by atoms with Crippen LogP contribution in [-0.2, 0) is 0 Å². The third-order valence-electron chi connectivity index (χ3n) is 3.28. The fourth-order valence-corrected chi connectivity index (χ4v) is 2.46. The van der Waals surface area contributed by atoms with Crippen LogP contribution in [0, 0.1) is 11.3 Å². The predicted octanol–water partition coefficient (Wildman–Crippen LogP) is 2.02. The van der Waals surface area contributed by atoms with Crippen LogP contribution in [0.4, 0.5) is 5.82 Å². The van der Waals surface area contributed by atoms with Gasteiger partial charge in [-0.2, -0.15) is 10.4 Å². The molecule has 0 saturated carbocycles. The number of aromatic nitrogens is 3. The van der Waals surface area contributed by atoms with Gasteiger partial charge in [-0.15, -0.1) is 0 Å². The van der Waals surface area contributed by atoms with Crippen molar-refractivity contribution in [2.75, 3.05) is 11.4 Å². The Morgan fingerprint density at radius 1 is 1.39 bits per heavy atom. The zero-order valence-electron chi connectivity index (χ0n) is 9.87. The van der Waals surface area contributed by atoms with E-state index in [0.717, 1.165) is 30.9 Å². The van der Waals surface area contributed by atoms with Crippen LogP contribution in [0.5, 0.6) is 0 Å². The minimum absolute atomic E-state index is 0.286. The third kappa shape index (κ3) is 1.82. The van der Waals surface area contributed by atoms with E-state index in [1.165, 1.54) is 0 Å². The van der Waals surface area contributed by atoms with E-state index in [1.807, 2.05) is 18.2 Å². The van der Waals surface area contributed by atoms with Crippen molar-refractivity contribution in [2.45, 2.75) is 18.9 Å². The number of H-pyrrole nitrogens is 1. The van der Waals surface area contributed by atoms with Crippen molar-refractivity contribution in [3.63, 3.8) is 0 Å². The average molecular weight is 239 g/mol. The zero-order valence-corrected chi connectivity index (χ0v) is 9.87. The van der Waals surface area contributed by atoms with Crippen molar-refractivity contribution < 1.29 is 0 Å². The SMILES string of the molecule is N#Cc1cccc(N2CCCC2c2ccn[nH]2)n1. The molecule has 0 radical (unpaired) electrons. The number of rotatable bonds is 2. The summed E-state index contributed by atoms with van der Waals surface area (Å²) in [5, 5.41) is 15.9. The van der Waals surface area contributed by atoms with E-state index < -0.39 is 0 Å². The van der Waals surface area contributed by atoms with Crippen LogP contribution >= 0.6 is 0 Å². The smallest absolute Gasteiger partial charge is 0.142 e. The highest BCUT2D eigenvalue weighted by molar-refractivity contribution is 5.45. The molecular weight excluding hydrogens is 226 g/mol. The lowest BCUT2D eigenvalue weighted by Gasteiger charge is -2.24. The number of aromatic amines is 1. The molecule has 2 aromatic heterocycles. The lowest BCUT2D eigenvalue weighted by Crippen LogP contribution is -2.23. The van der Waals surface area contributed by atoms with Crippen molar-refractivity contribution in [2.24, 2.45) is 0 Å². The number of nitrogens with zero attached hydrogens (tertiary/aromatic N) is 4. The summed E-state index contributed by atoms with van der Waals surface area (Å²) in [4.78, 5) is 6.59. The first kappa shape index (κ1) is 10.8. The predicted molar refractivity (Wildman–Crippen MR) is 66.9 cm³/mol. The molecule has 3 heterocycles. The lowest BCUT2D eigenvalue weighted by atomic mass is 10.1. The minimum Gasteiger partial charge on any atom is -0.348 e. The van der Waals surface area contributed by atoms with E-state index in [2.05, 4.69) is 26.2 Å². The Labute approximate surface area is 105 Å². The number of anilines is 1.